The number of halogens is 1. The number of sulfone groups is 1. The van der Waals surface area contributed by atoms with E-state index in [1.54, 1.807) is 49.4 Å². The van der Waals surface area contributed by atoms with Gasteiger partial charge in [-0.3, -0.25) is 4.79 Å². The predicted octanol–water partition coefficient (Wildman–Crippen LogP) is 5.48. The van der Waals surface area contributed by atoms with Crippen molar-refractivity contribution in [3.05, 3.63) is 83.9 Å². The monoisotopic (exact) mass is 523 g/mol. The first-order valence-electron chi connectivity index (χ1n) is 12.1. The normalized spacial score (nSPS) is 12.0. The zero-order chi connectivity index (χ0) is 26.8. The van der Waals surface area contributed by atoms with Crippen LogP contribution in [0.25, 0.3) is 11.0 Å². The van der Waals surface area contributed by atoms with Gasteiger partial charge in [0.05, 0.1) is 28.1 Å². The second-order valence-corrected chi connectivity index (χ2v) is 11.5. The van der Waals surface area contributed by atoms with Gasteiger partial charge in [0.1, 0.15) is 11.6 Å². The highest BCUT2D eigenvalue weighted by Crippen LogP contribution is 2.31. The van der Waals surface area contributed by atoms with Gasteiger partial charge in [-0.15, -0.1) is 0 Å². The molecule has 0 unspecified atom stereocenters. The number of rotatable bonds is 9. The highest BCUT2D eigenvalue weighted by molar-refractivity contribution is 7.91. The fourth-order valence-corrected chi connectivity index (χ4v) is 5.08. The molecule has 9 heteroatoms. The molecule has 1 heterocycles. The maximum Gasteiger partial charge on any atom is 0.228 e. The number of nitrogens with zero attached hydrogens (tertiary/aromatic N) is 2. The minimum absolute atomic E-state index is 0.0301. The van der Waals surface area contributed by atoms with E-state index in [9.17, 15) is 17.6 Å². The first kappa shape index (κ1) is 26.3. The molecule has 0 saturated heterocycles. The molecular weight excluding hydrogens is 493 g/mol. The molecule has 194 valence electrons. The molecule has 1 aromatic heterocycles. The van der Waals surface area contributed by atoms with Crippen LogP contribution in [0.1, 0.15) is 39.1 Å². The lowest BCUT2D eigenvalue weighted by atomic mass is 10.1. The number of nitrogens with one attached hydrogen (secondary N) is 1. The van der Waals surface area contributed by atoms with Crippen LogP contribution in [0.3, 0.4) is 0 Å². The fraction of sp³-hybridized carbons (Fsp3) is 0.286. The van der Waals surface area contributed by atoms with Crippen LogP contribution < -0.4 is 10.1 Å². The predicted molar refractivity (Wildman–Crippen MR) is 142 cm³/mol. The van der Waals surface area contributed by atoms with Crippen molar-refractivity contribution in [2.75, 3.05) is 11.1 Å². The van der Waals surface area contributed by atoms with Crippen molar-refractivity contribution in [1.29, 1.82) is 0 Å². The minimum Gasteiger partial charge on any atom is -0.480 e. The first-order valence-corrected chi connectivity index (χ1v) is 13.7. The number of anilines is 1. The van der Waals surface area contributed by atoms with Gasteiger partial charge in [-0.25, -0.2) is 17.8 Å². The molecular formula is C28H30FN3O4S. The zero-order valence-electron chi connectivity index (χ0n) is 21.3. The summed E-state index contributed by atoms with van der Waals surface area (Å²) in [5.74, 6) is 0.778. The van der Waals surface area contributed by atoms with Gasteiger partial charge in [-0.05, 0) is 80.9 Å². The maximum atomic E-state index is 13.8. The molecule has 0 aliphatic carbocycles. The molecule has 0 bridgehead atoms. The van der Waals surface area contributed by atoms with Crippen LogP contribution in [0.15, 0.2) is 71.6 Å². The highest BCUT2D eigenvalue weighted by atomic mass is 32.2. The fourth-order valence-electron chi connectivity index (χ4n) is 4.19. The van der Waals surface area contributed by atoms with E-state index in [4.69, 9.17) is 9.72 Å². The molecule has 1 amide bonds. The van der Waals surface area contributed by atoms with Gasteiger partial charge in [0.25, 0.3) is 0 Å². The standard InChI is InChI=1S/C28H30FN3O4S/c1-5-32-25-18-20(29)9-16-24(25)31-27(32)28(3,4)36-22-12-10-21(11-13-22)30-26(33)17-19-7-14-23(15-8-19)37(34,35)6-2/h7-16,18H,5-6,17H2,1-4H3,(H,30,33). The summed E-state index contributed by atoms with van der Waals surface area (Å²) < 4.78 is 45.9. The Balaban J connectivity index is 1.42. The molecule has 4 rings (SSSR count). The van der Waals surface area contributed by atoms with E-state index >= 15 is 0 Å². The molecule has 0 aliphatic rings. The molecule has 7 nitrogen and oxygen atoms in total. The number of aryl methyl sites for hydroxylation is 1. The van der Waals surface area contributed by atoms with Crippen LogP contribution in [-0.4, -0.2) is 29.6 Å². The number of amides is 1. The number of benzene rings is 3. The quantitative estimate of drug-likeness (QED) is 0.314. The molecule has 37 heavy (non-hydrogen) atoms. The third-order valence-electron chi connectivity index (χ3n) is 6.10. The van der Waals surface area contributed by atoms with Crippen LogP contribution in [0, 0.1) is 5.82 Å². The summed E-state index contributed by atoms with van der Waals surface area (Å²) in [6, 6.07) is 17.9. The third-order valence-corrected chi connectivity index (χ3v) is 7.85. The van der Waals surface area contributed by atoms with Crippen molar-refractivity contribution >= 4 is 32.5 Å². The zero-order valence-corrected chi connectivity index (χ0v) is 22.1. The molecule has 0 atom stereocenters. The number of imidazole rings is 1. The summed E-state index contributed by atoms with van der Waals surface area (Å²) in [5.41, 5.74) is 1.95. The number of ether oxygens (including phenoxy) is 1. The Morgan fingerprint density at radius 3 is 2.32 bits per heavy atom. The summed E-state index contributed by atoms with van der Waals surface area (Å²) in [5, 5.41) is 2.84. The maximum absolute atomic E-state index is 13.8. The molecule has 0 aliphatic heterocycles. The molecule has 0 spiro atoms. The average Bonchev–Trinajstić information content (AvgIpc) is 3.24. The lowest BCUT2D eigenvalue weighted by Gasteiger charge is -2.26. The van der Waals surface area contributed by atoms with E-state index in [0.717, 1.165) is 0 Å². The summed E-state index contributed by atoms with van der Waals surface area (Å²) in [7, 11) is -3.27. The Hall–Kier alpha value is -3.72. The van der Waals surface area contributed by atoms with Crippen LogP contribution in [0.5, 0.6) is 5.75 Å². The lowest BCUT2D eigenvalue weighted by Crippen LogP contribution is -2.29. The number of carbonyl (C=O) groups is 1. The summed E-state index contributed by atoms with van der Waals surface area (Å²) in [6.07, 6.45) is 0.117. The van der Waals surface area contributed by atoms with E-state index < -0.39 is 15.4 Å². The second-order valence-electron chi connectivity index (χ2n) is 9.22. The van der Waals surface area contributed by atoms with Crippen LogP contribution in [0.2, 0.25) is 0 Å². The topological polar surface area (TPSA) is 90.3 Å². The van der Waals surface area contributed by atoms with Gasteiger partial charge in [0, 0.05) is 12.2 Å². The van der Waals surface area contributed by atoms with Gasteiger partial charge in [0.15, 0.2) is 21.3 Å². The Kier molecular flexibility index (Phi) is 7.36. The Morgan fingerprint density at radius 1 is 1.03 bits per heavy atom. The van der Waals surface area contributed by atoms with Gasteiger partial charge >= 0.3 is 0 Å². The van der Waals surface area contributed by atoms with Crippen molar-refractivity contribution in [2.45, 2.75) is 51.2 Å². The smallest absolute Gasteiger partial charge is 0.228 e. The average molecular weight is 524 g/mol. The molecule has 4 aromatic rings. The largest absolute Gasteiger partial charge is 0.480 e. The van der Waals surface area contributed by atoms with E-state index in [1.165, 1.54) is 24.3 Å². The first-order chi connectivity index (χ1) is 17.5. The third kappa shape index (κ3) is 5.83. The summed E-state index contributed by atoms with van der Waals surface area (Å²) >= 11 is 0. The van der Waals surface area contributed by atoms with Crippen molar-refractivity contribution in [2.24, 2.45) is 0 Å². The number of carbonyl (C=O) groups excluding carboxylic acids is 1. The van der Waals surface area contributed by atoms with Crippen LogP contribution in [0.4, 0.5) is 10.1 Å². The Morgan fingerprint density at radius 2 is 1.70 bits per heavy atom. The van der Waals surface area contributed by atoms with Crippen molar-refractivity contribution < 1.29 is 22.3 Å². The van der Waals surface area contributed by atoms with E-state index in [2.05, 4.69) is 5.32 Å². The minimum atomic E-state index is -3.27. The molecule has 1 N–H and O–H groups in total. The molecule has 3 aromatic carbocycles. The van der Waals surface area contributed by atoms with Crippen molar-refractivity contribution in [3.8, 4) is 5.75 Å². The summed E-state index contributed by atoms with van der Waals surface area (Å²) in [4.78, 5) is 17.4. The van der Waals surface area contributed by atoms with Crippen LogP contribution in [-0.2, 0) is 33.2 Å². The van der Waals surface area contributed by atoms with E-state index in [-0.39, 0.29) is 28.8 Å². The number of hydrogen-bond donors (Lipinski definition) is 1. The van der Waals surface area contributed by atoms with Gasteiger partial charge < -0.3 is 14.6 Å². The van der Waals surface area contributed by atoms with Crippen LogP contribution >= 0.6 is 0 Å². The van der Waals surface area contributed by atoms with Gasteiger partial charge in [-0.1, -0.05) is 19.1 Å². The molecule has 0 radical (unpaired) electrons. The molecule has 0 saturated carbocycles. The lowest BCUT2D eigenvalue weighted by molar-refractivity contribution is -0.115. The van der Waals surface area contributed by atoms with Crippen molar-refractivity contribution in [3.63, 3.8) is 0 Å². The van der Waals surface area contributed by atoms with Gasteiger partial charge in [0.2, 0.25) is 5.91 Å². The SMILES string of the molecule is CCn1c(C(C)(C)Oc2ccc(NC(=O)Cc3ccc(S(=O)(=O)CC)cc3)cc2)nc2ccc(F)cc21. The van der Waals surface area contributed by atoms with Crippen molar-refractivity contribution in [1.82, 2.24) is 9.55 Å². The van der Waals surface area contributed by atoms with E-state index in [0.29, 0.717) is 40.4 Å². The summed E-state index contributed by atoms with van der Waals surface area (Å²) in [6.45, 7) is 8.00. The molecule has 0 fully saturated rings. The Bertz CT molecular complexity index is 1530. The number of aromatic nitrogens is 2. The number of hydrogen-bond acceptors (Lipinski definition) is 5. The number of fused-ring (bicyclic) bond motifs is 1. The van der Waals surface area contributed by atoms with Gasteiger partial charge in [-0.2, -0.15) is 0 Å². The Labute approximate surface area is 216 Å². The second kappa shape index (κ2) is 10.3. The van der Waals surface area contributed by atoms with E-state index in [1.807, 2.05) is 25.3 Å². The highest BCUT2D eigenvalue weighted by Gasteiger charge is 2.30.